The molecule has 2 saturated heterocycles. The van der Waals surface area contributed by atoms with Crippen LogP contribution >= 0.6 is 0 Å². The summed E-state index contributed by atoms with van der Waals surface area (Å²) < 4.78 is 13.8. The summed E-state index contributed by atoms with van der Waals surface area (Å²) in [6.45, 7) is 4.62. The fourth-order valence-electron chi connectivity index (χ4n) is 4.38. The van der Waals surface area contributed by atoms with E-state index in [4.69, 9.17) is 4.98 Å². The summed E-state index contributed by atoms with van der Waals surface area (Å²) in [5.41, 5.74) is 1.34. The average molecular weight is 397 g/mol. The number of piperidine rings is 1. The Labute approximate surface area is 172 Å². The quantitative estimate of drug-likeness (QED) is 0.793. The lowest BCUT2D eigenvalue weighted by molar-refractivity contribution is 0.0605. The van der Waals surface area contributed by atoms with E-state index in [2.05, 4.69) is 16.8 Å². The van der Waals surface area contributed by atoms with Gasteiger partial charge in [0, 0.05) is 26.2 Å². The lowest BCUT2D eigenvalue weighted by Crippen LogP contribution is -2.39. The molecule has 5 nitrogen and oxygen atoms in total. The third-order valence-corrected chi connectivity index (χ3v) is 5.99. The minimum absolute atomic E-state index is 0.0623. The molecule has 0 saturated carbocycles. The van der Waals surface area contributed by atoms with Crippen LogP contribution in [0.25, 0.3) is 0 Å². The van der Waals surface area contributed by atoms with Crippen LogP contribution in [0.3, 0.4) is 0 Å². The standard InChI is InChI=1S/C23H29FN4O/c1-26-12-6-13-27(16-15-26)22-11-5-9-20(25-22)23(29)28-14-3-2-10-21(28)18-7-4-8-19(24)17-18/h4-5,7-9,11,17,21H,2-3,6,10,12-16H2,1H3/t21-/m1/s1. The van der Waals surface area contributed by atoms with Gasteiger partial charge in [0.25, 0.3) is 5.91 Å². The lowest BCUT2D eigenvalue weighted by atomic mass is 9.94. The minimum atomic E-state index is -0.258. The Morgan fingerprint density at radius 3 is 2.72 bits per heavy atom. The topological polar surface area (TPSA) is 39.7 Å². The van der Waals surface area contributed by atoms with Gasteiger partial charge < -0.3 is 14.7 Å². The molecule has 2 fully saturated rings. The van der Waals surface area contributed by atoms with Gasteiger partial charge in [0.15, 0.2) is 0 Å². The Hall–Kier alpha value is -2.47. The molecule has 0 aliphatic carbocycles. The van der Waals surface area contributed by atoms with Crippen LogP contribution in [-0.4, -0.2) is 60.5 Å². The van der Waals surface area contributed by atoms with Crippen molar-refractivity contribution in [2.45, 2.75) is 31.7 Å². The van der Waals surface area contributed by atoms with Crippen LogP contribution in [0, 0.1) is 5.82 Å². The highest BCUT2D eigenvalue weighted by atomic mass is 19.1. The van der Waals surface area contributed by atoms with Gasteiger partial charge in [-0.2, -0.15) is 0 Å². The number of aromatic nitrogens is 1. The molecule has 1 amide bonds. The molecule has 0 unspecified atom stereocenters. The minimum Gasteiger partial charge on any atom is -0.355 e. The predicted molar refractivity (Wildman–Crippen MR) is 113 cm³/mol. The molecule has 1 aromatic carbocycles. The molecule has 2 aromatic rings. The molecule has 0 radical (unpaired) electrons. The number of carbonyl (C=O) groups excluding carboxylic acids is 1. The van der Waals surface area contributed by atoms with E-state index in [1.54, 1.807) is 18.2 Å². The monoisotopic (exact) mass is 396 g/mol. The Kier molecular flexibility index (Phi) is 6.09. The number of likely N-dealkylation sites (N-methyl/N-ethyl adjacent to an activating group) is 1. The van der Waals surface area contributed by atoms with Gasteiger partial charge in [-0.25, -0.2) is 9.37 Å². The second kappa shape index (κ2) is 8.91. The third kappa shape index (κ3) is 4.58. The van der Waals surface area contributed by atoms with Gasteiger partial charge in [-0.05, 0) is 69.1 Å². The maximum atomic E-state index is 13.8. The molecular formula is C23H29FN4O. The van der Waals surface area contributed by atoms with E-state index in [-0.39, 0.29) is 17.8 Å². The number of anilines is 1. The number of benzene rings is 1. The van der Waals surface area contributed by atoms with Crippen LogP contribution in [0.2, 0.25) is 0 Å². The number of hydrogen-bond acceptors (Lipinski definition) is 4. The van der Waals surface area contributed by atoms with E-state index in [1.807, 2.05) is 23.1 Å². The third-order valence-electron chi connectivity index (χ3n) is 5.99. The highest BCUT2D eigenvalue weighted by Gasteiger charge is 2.30. The molecule has 4 rings (SSSR count). The van der Waals surface area contributed by atoms with Crippen LogP contribution in [0.15, 0.2) is 42.5 Å². The highest BCUT2D eigenvalue weighted by Crippen LogP contribution is 2.32. The molecule has 0 N–H and O–H groups in total. The summed E-state index contributed by atoms with van der Waals surface area (Å²) in [6, 6.07) is 12.2. The summed E-state index contributed by atoms with van der Waals surface area (Å²) >= 11 is 0. The number of carbonyl (C=O) groups is 1. The van der Waals surface area contributed by atoms with Crippen molar-refractivity contribution in [3.05, 3.63) is 59.5 Å². The first kappa shape index (κ1) is 19.8. The first-order valence-corrected chi connectivity index (χ1v) is 10.6. The molecule has 0 spiro atoms. The number of likely N-dealkylation sites (tertiary alicyclic amines) is 1. The smallest absolute Gasteiger partial charge is 0.273 e. The molecule has 154 valence electrons. The SMILES string of the molecule is CN1CCCN(c2cccc(C(=O)N3CCCC[C@@H]3c3cccc(F)c3)n2)CC1. The summed E-state index contributed by atoms with van der Waals surface area (Å²) in [5.74, 6) is 0.546. The van der Waals surface area contributed by atoms with Gasteiger partial charge in [-0.15, -0.1) is 0 Å². The van der Waals surface area contributed by atoms with Crippen molar-refractivity contribution in [2.24, 2.45) is 0 Å². The van der Waals surface area contributed by atoms with Crippen LogP contribution < -0.4 is 4.90 Å². The number of amides is 1. The zero-order valence-corrected chi connectivity index (χ0v) is 17.1. The molecular weight excluding hydrogens is 367 g/mol. The van der Waals surface area contributed by atoms with E-state index in [0.29, 0.717) is 12.2 Å². The highest BCUT2D eigenvalue weighted by molar-refractivity contribution is 5.93. The van der Waals surface area contributed by atoms with Crippen molar-refractivity contribution in [3.63, 3.8) is 0 Å². The van der Waals surface area contributed by atoms with Gasteiger partial charge in [0.2, 0.25) is 0 Å². The predicted octanol–water partition coefficient (Wildman–Crippen LogP) is 3.73. The Morgan fingerprint density at radius 1 is 1.00 bits per heavy atom. The number of pyridine rings is 1. The molecule has 29 heavy (non-hydrogen) atoms. The van der Waals surface area contributed by atoms with Crippen LogP contribution in [0.4, 0.5) is 10.2 Å². The van der Waals surface area contributed by atoms with Crippen LogP contribution in [-0.2, 0) is 0 Å². The number of hydrogen-bond donors (Lipinski definition) is 0. The molecule has 1 atom stereocenters. The molecule has 2 aliphatic rings. The number of nitrogens with zero attached hydrogens (tertiary/aromatic N) is 4. The zero-order valence-electron chi connectivity index (χ0n) is 17.1. The Balaban J connectivity index is 1.56. The molecule has 0 bridgehead atoms. The Bertz CT molecular complexity index is 858. The van der Waals surface area contributed by atoms with E-state index in [9.17, 15) is 9.18 Å². The van der Waals surface area contributed by atoms with Gasteiger partial charge in [0.05, 0.1) is 6.04 Å². The van der Waals surface area contributed by atoms with Crippen molar-refractivity contribution < 1.29 is 9.18 Å². The first-order chi connectivity index (χ1) is 14.1. The fraction of sp³-hybridized carbons (Fsp3) is 0.478. The normalized spacial score (nSPS) is 21.1. The maximum Gasteiger partial charge on any atom is 0.273 e. The molecule has 2 aliphatic heterocycles. The lowest BCUT2D eigenvalue weighted by Gasteiger charge is -2.36. The second-order valence-electron chi connectivity index (χ2n) is 8.09. The second-order valence-corrected chi connectivity index (χ2v) is 8.09. The van der Waals surface area contributed by atoms with Crippen molar-refractivity contribution in [1.82, 2.24) is 14.8 Å². The summed E-state index contributed by atoms with van der Waals surface area (Å²) in [5, 5.41) is 0. The number of rotatable bonds is 3. The van der Waals surface area contributed by atoms with E-state index < -0.39 is 0 Å². The summed E-state index contributed by atoms with van der Waals surface area (Å²) in [4.78, 5) is 24.6. The van der Waals surface area contributed by atoms with Crippen molar-refractivity contribution >= 4 is 11.7 Å². The Morgan fingerprint density at radius 2 is 1.86 bits per heavy atom. The summed E-state index contributed by atoms with van der Waals surface area (Å²) in [7, 11) is 2.14. The van der Waals surface area contributed by atoms with Gasteiger partial charge in [0.1, 0.15) is 17.3 Å². The van der Waals surface area contributed by atoms with Crippen molar-refractivity contribution in [1.29, 1.82) is 0 Å². The van der Waals surface area contributed by atoms with E-state index in [1.165, 1.54) is 6.07 Å². The van der Waals surface area contributed by atoms with Crippen molar-refractivity contribution in [2.75, 3.05) is 44.7 Å². The van der Waals surface area contributed by atoms with E-state index in [0.717, 1.165) is 63.2 Å². The van der Waals surface area contributed by atoms with Crippen LogP contribution in [0.1, 0.15) is 47.8 Å². The average Bonchev–Trinajstić information content (AvgIpc) is 2.98. The van der Waals surface area contributed by atoms with Crippen LogP contribution in [0.5, 0.6) is 0 Å². The number of halogens is 1. The summed E-state index contributed by atoms with van der Waals surface area (Å²) in [6.07, 6.45) is 3.95. The van der Waals surface area contributed by atoms with Gasteiger partial charge >= 0.3 is 0 Å². The van der Waals surface area contributed by atoms with Gasteiger partial charge in [-0.3, -0.25) is 4.79 Å². The molecule has 6 heteroatoms. The van der Waals surface area contributed by atoms with Crippen molar-refractivity contribution in [3.8, 4) is 0 Å². The van der Waals surface area contributed by atoms with E-state index >= 15 is 0 Å². The first-order valence-electron chi connectivity index (χ1n) is 10.6. The molecule has 1 aromatic heterocycles. The van der Waals surface area contributed by atoms with Gasteiger partial charge in [-0.1, -0.05) is 18.2 Å². The zero-order chi connectivity index (χ0) is 20.2. The maximum absolute atomic E-state index is 13.8. The largest absolute Gasteiger partial charge is 0.355 e. The fourth-order valence-corrected chi connectivity index (χ4v) is 4.38. The molecule has 3 heterocycles.